The number of aliphatic carboxylic acids is 1. The summed E-state index contributed by atoms with van der Waals surface area (Å²) in [4.78, 5) is 9.85. The quantitative estimate of drug-likeness (QED) is 0.505. The van der Waals surface area contributed by atoms with Gasteiger partial charge in [-0.25, -0.2) is 4.79 Å². The second-order valence-corrected chi connectivity index (χ2v) is 1.42. The first-order chi connectivity index (χ1) is 3.66. The second-order valence-electron chi connectivity index (χ2n) is 1.42. The summed E-state index contributed by atoms with van der Waals surface area (Å²) in [6.07, 6.45) is 1.11. The van der Waals surface area contributed by atoms with Crippen molar-refractivity contribution in [1.82, 2.24) is 5.32 Å². The van der Waals surface area contributed by atoms with Gasteiger partial charge in [0, 0.05) is 18.8 Å². The molecule has 0 spiro atoms. The molecule has 0 saturated heterocycles. The van der Waals surface area contributed by atoms with Gasteiger partial charge in [-0.3, -0.25) is 0 Å². The van der Waals surface area contributed by atoms with Crippen LogP contribution in [-0.4, -0.2) is 18.1 Å². The van der Waals surface area contributed by atoms with Crippen LogP contribution in [0, 0.1) is 0 Å². The van der Waals surface area contributed by atoms with Gasteiger partial charge in [0.1, 0.15) is 0 Å². The first kappa shape index (κ1) is 7.01. The van der Waals surface area contributed by atoms with E-state index in [9.17, 15) is 4.79 Å². The van der Waals surface area contributed by atoms with Crippen molar-refractivity contribution >= 4 is 5.97 Å². The molecule has 0 aliphatic carbocycles. The van der Waals surface area contributed by atoms with Crippen LogP contribution in [0.5, 0.6) is 0 Å². The molecule has 0 bridgehead atoms. The van der Waals surface area contributed by atoms with Gasteiger partial charge < -0.3 is 10.4 Å². The summed E-state index contributed by atoms with van der Waals surface area (Å²) in [6.45, 7) is 1.69. The van der Waals surface area contributed by atoms with Crippen LogP contribution in [0.1, 0.15) is 6.92 Å². The molecule has 0 saturated carbocycles. The third kappa shape index (κ3) is 3.21. The fourth-order valence-corrected chi connectivity index (χ4v) is 0.257. The Balaban J connectivity index is 3.75. The molecular formula is C5H9NO2. The molecule has 0 radical (unpaired) electrons. The number of hydrogen-bond acceptors (Lipinski definition) is 2. The Kier molecular flexibility index (Phi) is 2.69. The van der Waals surface area contributed by atoms with Crippen molar-refractivity contribution < 1.29 is 9.90 Å². The largest absolute Gasteiger partial charge is 0.478 e. The SMILES string of the molecule is CN/C(C)=C\C(=O)O. The van der Waals surface area contributed by atoms with Crippen LogP contribution in [0.4, 0.5) is 0 Å². The lowest BCUT2D eigenvalue weighted by Crippen LogP contribution is -2.04. The summed E-state index contributed by atoms with van der Waals surface area (Å²) >= 11 is 0. The fourth-order valence-electron chi connectivity index (χ4n) is 0.257. The molecule has 0 atom stereocenters. The zero-order valence-corrected chi connectivity index (χ0v) is 4.93. The van der Waals surface area contributed by atoms with Gasteiger partial charge in [0.25, 0.3) is 0 Å². The summed E-state index contributed by atoms with van der Waals surface area (Å²) in [5.74, 6) is -0.920. The molecular weight excluding hydrogens is 106 g/mol. The van der Waals surface area contributed by atoms with E-state index in [0.29, 0.717) is 5.70 Å². The zero-order chi connectivity index (χ0) is 6.57. The monoisotopic (exact) mass is 115 g/mol. The predicted molar refractivity (Wildman–Crippen MR) is 30.5 cm³/mol. The molecule has 0 amide bonds. The van der Waals surface area contributed by atoms with E-state index in [2.05, 4.69) is 5.32 Å². The highest BCUT2D eigenvalue weighted by Gasteiger charge is 1.87. The second kappa shape index (κ2) is 3.07. The van der Waals surface area contributed by atoms with Crippen molar-refractivity contribution in [2.24, 2.45) is 0 Å². The van der Waals surface area contributed by atoms with Gasteiger partial charge in [-0.15, -0.1) is 0 Å². The molecule has 0 aromatic carbocycles. The van der Waals surface area contributed by atoms with Gasteiger partial charge in [0.15, 0.2) is 0 Å². The molecule has 0 aliphatic rings. The summed E-state index contributed by atoms with van der Waals surface area (Å²) in [7, 11) is 1.68. The third-order valence-electron chi connectivity index (χ3n) is 0.734. The zero-order valence-electron chi connectivity index (χ0n) is 4.93. The van der Waals surface area contributed by atoms with E-state index in [1.807, 2.05) is 0 Å². The fraction of sp³-hybridized carbons (Fsp3) is 0.400. The number of nitrogens with one attached hydrogen (secondary N) is 1. The Morgan fingerprint density at radius 3 is 2.38 bits per heavy atom. The number of carbonyl (C=O) groups is 1. The lowest BCUT2D eigenvalue weighted by atomic mass is 10.4. The van der Waals surface area contributed by atoms with Crippen molar-refractivity contribution in [2.45, 2.75) is 6.92 Å². The minimum atomic E-state index is -0.920. The van der Waals surface area contributed by atoms with Crippen LogP contribution in [-0.2, 0) is 4.79 Å². The van der Waals surface area contributed by atoms with Gasteiger partial charge in [0.05, 0.1) is 0 Å². The number of carboxylic acid groups (broad SMARTS) is 1. The lowest BCUT2D eigenvalue weighted by molar-refractivity contribution is -0.131. The van der Waals surface area contributed by atoms with E-state index in [1.165, 1.54) is 0 Å². The summed E-state index contributed by atoms with van der Waals surface area (Å²) in [5.41, 5.74) is 0.650. The van der Waals surface area contributed by atoms with Gasteiger partial charge in [-0.05, 0) is 6.92 Å². The van der Waals surface area contributed by atoms with Crippen LogP contribution >= 0.6 is 0 Å². The molecule has 2 N–H and O–H groups in total. The smallest absolute Gasteiger partial charge is 0.330 e. The van der Waals surface area contributed by atoms with Gasteiger partial charge in [-0.1, -0.05) is 0 Å². The molecule has 46 valence electrons. The van der Waals surface area contributed by atoms with Gasteiger partial charge in [0.2, 0.25) is 0 Å². The lowest BCUT2D eigenvalue weighted by Gasteiger charge is -1.92. The van der Waals surface area contributed by atoms with E-state index in [0.717, 1.165) is 6.08 Å². The van der Waals surface area contributed by atoms with Crippen molar-refractivity contribution in [2.75, 3.05) is 7.05 Å². The highest BCUT2D eigenvalue weighted by molar-refractivity contribution is 5.80. The van der Waals surface area contributed by atoms with Crippen LogP contribution in [0.25, 0.3) is 0 Å². The Morgan fingerprint density at radius 2 is 2.25 bits per heavy atom. The Hall–Kier alpha value is -0.990. The maximum absolute atomic E-state index is 9.85. The van der Waals surface area contributed by atoms with E-state index < -0.39 is 5.97 Å². The van der Waals surface area contributed by atoms with E-state index in [4.69, 9.17) is 5.11 Å². The van der Waals surface area contributed by atoms with Crippen LogP contribution in [0.3, 0.4) is 0 Å². The molecule has 0 heterocycles. The minimum absolute atomic E-state index is 0.650. The van der Waals surface area contributed by atoms with Crippen LogP contribution < -0.4 is 5.32 Å². The molecule has 8 heavy (non-hydrogen) atoms. The standard InChI is InChI=1S/C5H9NO2/c1-4(6-2)3-5(7)8/h3,6H,1-2H3,(H,7,8)/b4-3-. The molecule has 3 nitrogen and oxygen atoms in total. The van der Waals surface area contributed by atoms with E-state index in [1.54, 1.807) is 14.0 Å². The first-order valence-corrected chi connectivity index (χ1v) is 2.26. The number of hydrogen-bond donors (Lipinski definition) is 2. The molecule has 0 unspecified atom stereocenters. The van der Waals surface area contributed by atoms with Crippen molar-refractivity contribution in [3.8, 4) is 0 Å². The average Bonchev–Trinajstić information content (AvgIpc) is 1.65. The molecule has 0 aromatic heterocycles. The van der Waals surface area contributed by atoms with Crippen molar-refractivity contribution in [1.29, 1.82) is 0 Å². The van der Waals surface area contributed by atoms with Gasteiger partial charge >= 0.3 is 5.97 Å². The molecule has 0 fully saturated rings. The molecule has 3 heteroatoms. The normalized spacial score (nSPS) is 11.0. The average molecular weight is 115 g/mol. The topological polar surface area (TPSA) is 49.3 Å². The summed E-state index contributed by atoms with van der Waals surface area (Å²) in [5, 5.41) is 10.8. The maximum Gasteiger partial charge on any atom is 0.330 e. The summed E-state index contributed by atoms with van der Waals surface area (Å²) in [6, 6.07) is 0. The Labute approximate surface area is 48.0 Å². The van der Waals surface area contributed by atoms with Crippen molar-refractivity contribution in [3.05, 3.63) is 11.8 Å². The Morgan fingerprint density at radius 1 is 1.75 bits per heavy atom. The minimum Gasteiger partial charge on any atom is -0.478 e. The van der Waals surface area contributed by atoms with Gasteiger partial charge in [-0.2, -0.15) is 0 Å². The number of rotatable bonds is 2. The Bertz CT molecular complexity index is 118. The highest BCUT2D eigenvalue weighted by atomic mass is 16.4. The first-order valence-electron chi connectivity index (χ1n) is 2.26. The molecule has 0 aromatic rings. The van der Waals surface area contributed by atoms with Crippen molar-refractivity contribution in [3.63, 3.8) is 0 Å². The summed E-state index contributed by atoms with van der Waals surface area (Å²) < 4.78 is 0. The van der Waals surface area contributed by atoms with E-state index >= 15 is 0 Å². The molecule has 0 aliphatic heterocycles. The highest BCUT2D eigenvalue weighted by Crippen LogP contribution is 1.81. The number of carboxylic acids is 1. The maximum atomic E-state index is 9.85. The van der Waals surface area contributed by atoms with Crippen LogP contribution in [0.15, 0.2) is 11.8 Å². The number of allylic oxidation sites excluding steroid dienone is 1. The van der Waals surface area contributed by atoms with E-state index in [-0.39, 0.29) is 0 Å². The predicted octanol–water partition coefficient (Wildman–Crippen LogP) is 0.194. The third-order valence-corrected chi connectivity index (χ3v) is 0.734. The molecule has 0 rings (SSSR count). The van der Waals surface area contributed by atoms with Crippen LogP contribution in [0.2, 0.25) is 0 Å².